The fraction of sp³-hybridized carbons (Fsp3) is 0.733. The summed E-state index contributed by atoms with van der Waals surface area (Å²) in [5, 5.41) is 10.7. The highest BCUT2D eigenvalue weighted by Crippen LogP contribution is 2.18. The third kappa shape index (κ3) is 3.82. The molecule has 0 saturated carbocycles. The van der Waals surface area contributed by atoms with Gasteiger partial charge in [0.2, 0.25) is 5.91 Å². The second-order valence-corrected chi connectivity index (χ2v) is 5.85. The van der Waals surface area contributed by atoms with Crippen molar-refractivity contribution in [2.24, 2.45) is 13.0 Å². The van der Waals surface area contributed by atoms with Crippen LogP contribution in [0, 0.1) is 12.8 Å². The number of aryl methyl sites for hydroxylation is 1. The molecule has 1 fully saturated rings. The number of hydrogen-bond donors (Lipinski definition) is 2. The highest BCUT2D eigenvalue weighted by Gasteiger charge is 2.17. The van der Waals surface area contributed by atoms with Crippen molar-refractivity contribution in [3.8, 4) is 0 Å². The lowest BCUT2D eigenvalue weighted by Gasteiger charge is -2.22. The molecule has 112 valence electrons. The van der Waals surface area contributed by atoms with Crippen LogP contribution in [0.2, 0.25) is 0 Å². The maximum atomic E-state index is 12.0. The largest absolute Gasteiger partial charge is 0.349 e. The Hall–Kier alpha value is -1.36. The van der Waals surface area contributed by atoms with E-state index in [1.54, 1.807) is 0 Å². The van der Waals surface area contributed by atoms with E-state index in [4.69, 9.17) is 0 Å². The van der Waals surface area contributed by atoms with Crippen molar-refractivity contribution < 1.29 is 4.79 Å². The molecule has 2 heterocycles. The fourth-order valence-corrected chi connectivity index (χ4v) is 2.84. The summed E-state index contributed by atoms with van der Waals surface area (Å²) in [6.45, 7) is 6.23. The zero-order chi connectivity index (χ0) is 14.5. The molecule has 2 unspecified atom stereocenters. The van der Waals surface area contributed by atoms with Gasteiger partial charge in [0.25, 0.3) is 0 Å². The molecule has 0 aromatic carbocycles. The molecule has 1 saturated heterocycles. The van der Waals surface area contributed by atoms with E-state index >= 15 is 0 Å². The minimum atomic E-state index is 0.0284. The van der Waals surface area contributed by atoms with Crippen LogP contribution >= 0.6 is 0 Å². The molecule has 0 bridgehead atoms. The van der Waals surface area contributed by atoms with Gasteiger partial charge in [-0.05, 0) is 52.1 Å². The van der Waals surface area contributed by atoms with E-state index in [1.807, 2.05) is 31.8 Å². The molecule has 0 aliphatic carbocycles. The summed E-state index contributed by atoms with van der Waals surface area (Å²) in [5.41, 5.74) is 2.20. The van der Waals surface area contributed by atoms with E-state index in [1.165, 1.54) is 12.8 Å². The zero-order valence-corrected chi connectivity index (χ0v) is 12.8. The van der Waals surface area contributed by atoms with Crippen molar-refractivity contribution in [1.82, 2.24) is 20.4 Å². The van der Waals surface area contributed by atoms with Crippen LogP contribution < -0.4 is 10.6 Å². The normalized spacial score (nSPS) is 20.6. The Bertz CT molecular complexity index is 449. The summed E-state index contributed by atoms with van der Waals surface area (Å²) in [5.74, 6) is 0.802. The predicted molar refractivity (Wildman–Crippen MR) is 79.3 cm³/mol. The van der Waals surface area contributed by atoms with Gasteiger partial charge in [-0.3, -0.25) is 9.48 Å². The van der Waals surface area contributed by atoms with Gasteiger partial charge in [-0.2, -0.15) is 5.10 Å². The van der Waals surface area contributed by atoms with Crippen LogP contribution in [0.25, 0.3) is 0 Å². The van der Waals surface area contributed by atoms with Crippen LogP contribution in [0.1, 0.15) is 49.9 Å². The molecule has 5 nitrogen and oxygen atoms in total. The first-order chi connectivity index (χ1) is 9.58. The quantitative estimate of drug-likeness (QED) is 0.861. The monoisotopic (exact) mass is 278 g/mol. The SMILES string of the molecule is Cc1c(C(C)NC(=O)CCC2CCCNC2)cnn1C. The fourth-order valence-electron chi connectivity index (χ4n) is 2.84. The summed E-state index contributed by atoms with van der Waals surface area (Å²) in [6.07, 6.45) is 5.92. The third-order valence-electron chi connectivity index (χ3n) is 4.30. The maximum Gasteiger partial charge on any atom is 0.220 e. The zero-order valence-electron chi connectivity index (χ0n) is 12.8. The number of aromatic nitrogens is 2. The van der Waals surface area contributed by atoms with E-state index in [2.05, 4.69) is 15.7 Å². The first kappa shape index (κ1) is 15.0. The van der Waals surface area contributed by atoms with Crippen molar-refractivity contribution in [3.05, 3.63) is 17.5 Å². The second-order valence-electron chi connectivity index (χ2n) is 5.85. The van der Waals surface area contributed by atoms with Crippen molar-refractivity contribution in [1.29, 1.82) is 0 Å². The number of carbonyl (C=O) groups is 1. The standard InChI is InChI=1S/C15H26N4O/c1-11(14-10-17-19(3)12(14)2)18-15(20)7-6-13-5-4-8-16-9-13/h10-11,13,16H,4-9H2,1-3H3,(H,18,20). The Kier molecular flexibility index (Phi) is 5.17. The Labute approximate surface area is 121 Å². The molecule has 20 heavy (non-hydrogen) atoms. The maximum absolute atomic E-state index is 12.0. The average Bonchev–Trinajstić information content (AvgIpc) is 2.78. The van der Waals surface area contributed by atoms with Gasteiger partial charge < -0.3 is 10.6 Å². The van der Waals surface area contributed by atoms with Gasteiger partial charge in [0, 0.05) is 24.7 Å². The van der Waals surface area contributed by atoms with Crippen LogP contribution in [0.15, 0.2) is 6.20 Å². The topological polar surface area (TPSA) is 59.0 Å². The molecule has 2 N–H and O–H groups in total. The first-order valence-corrected chi connectivity index (χ1v) is 7.56. The molecule has 1 aromatic heterocycles. The molecule has 1 aliphatic heterocycles. The summed E-state index contributed by atoms with van der Waals surface area (Å²) < 4.78 is 1.84. The molecule has 1 aromatic rings. The highest BCUT2D eigenvalue weighted by atomic mass is 16.1. The number of rotatable bonds is 5. The summed E-state index contributed by atoms with van der Waals surface area (Å²) in [7, 11) is 1.92. The number of nitrogens with one attached hydrogen (secondary N) is 2. The van der Waals surface area contributed by atoms with Crippen LogP contribution in [0.5, 0.6) is 0 Å². The Morgan fingerprint density at radius 3 is 3.05 bits per heavy atom. The van der Waals surface area contributed by atoms with Gasteiger partial charge in [0.15, 0.2) is 0 Å². The van der Waals surface area contributed by atoms with E-state index in [-0.39, 0.29) is 11.9 Å². The number of hydrogen-bond acceptors (Lipinski definition) is 3. The van der Waals surface area contributed by atoms with Gasteiger partial charge in [0.1, 0.15) is 0 Å². The van der Waals surface area contributed by atoms with Gasteiger partial charge >= 0.3 is 0 Å². The number of nitrogens with zero attached hydrogens (tertiary/aromatic N) is 2. The van der Waals surface area contributed by atoms with Crippen molar-refractivity contribution in [2.45, 2.75) is 45.6 Å². The molecule has 2 rings (SSSR count). The summed E-state index contributed by atoms with van der Waals surface area (Å²) in [4.78, 5) is 12.0. The van der Waals surface area contributed by atoms with Crippen LogP contribution in [-0.4, -0.2) is 28.8 Å². The summed E-state index contributed by atoms with van der Waals surface area (Å²) in [6, 6.07) is 0.0284. The van der Waals surface area contributed by atoms with Gasteiger partial charge in [0.05, 0.1) is 12.2 Å². The van der Waals surface area contributed by atoms with Gasteiger partial charge in [-0.25, -0.2) is 0 Å². The third-order valence-corrected chi connectivity index (χ3v) is 4.30. The second kappa shape index (κ2) is 6.88. The molecule has 1 aliphatic rings. The Balaban J connectivity index is 1.77. The van der Waals surface area contributed by atoms with E-state index in [9.17, 15) is 4.79 Å². The lowest BCUT2D eigenvalue weighted by Crippen LogP contribution is -2.32. The smallest absolute Gasteiger partial charge is 0.220 e. The number of piperidine rings is 1. The van der Waals surface area contributed by atoms with Crippen molar-refractivity contribution in [3.63, 3.8) is 0 Å². The Morgan fingerprint density at radius 1 is 1.65 bits per heavy atom. The van der Waals surface area contributed by atoms with Crippen molar-refractivity contribution in [2.75, 3.05) is 13.1 Å². The molecular weight excluding hydrogens is 252 g/mol. The van der Waals surface area contributed by atoms with E-state index < -0.39 is 0 Å². The van der Waals surface area contributed by atoms with E-state index in [0.29, 0.717) is 12.3 Å². The minimum absolute atomic E-state index is 0.0284. The molecule has 2 atom stereocenters. The Morgan fingerprint density at radius 2 is 2.45 bits per heavy atom. The first-order valence-electron chi connectivity index (χ1n) is 7.56. The molecule has 1 amide bonds. The van der Waals surface area contributed by atoms with Crippen molar-refractivity contribution >= 4 is 5.91 Å². The highest BCUT2D eigenvalue weighted by molar-refractivity contribution is 5.76. The van der Waals surface area contributed by atoms with Gasteiger partial charge in [-0.1, -0.05) is 0 Å². The molecule has 0 spiro atoms. The summed E-state index contributed by atoms with van der Waals surface area (Å²) >= 11 is 0. The number of carbonyl (C=O) groups excluding carboxylic acids is 1. The van der Waals surface area contributed by atoms with Crippen LogP contribution in [0.3, 0.4) is 0 Å². The number of amides is 1. The lowest BCUT2D eigenvalue weighted by atomic mass is 9.94. The van der Waals surface area contributed by atoms with E-state index in [0.717, 1.165) is 30.8 Å². The lowest BCUT2D eigenvalue weighted by molar-refractivity contribution is -0.122. The van der Waals surface area contributed by atoms with Gasteiger partial charge in [-0.15, -0.1) is 0 Å². The molecular formula is C15H26N4O. The van der Waals surface area contributed by atoms with Crippen LogP contribution in [-0.2, 0) is 11.8 Å². The minimum Gasteiger partial charge on any atom is -0.349 e. The molecule has 5 heteroatoms. The molecule has 0 radical (unpaired) electrons. The predicted octanol–water partition coefficient (Wildman–Crippen LogP) is 1.69. The average molecular weight is 278 g/mol. The van der Waals surface area contributed by atoms with Crippen LogP contribution in [0.4, 0.5) is 0 Å².